The molecule has 0 atom stereocenters. The first-order valence-electron chi connectivity index (χ1n) is 6.55. The third-order valence-electron chi connectivity index (χ3n) is 3.15. The number of hydrogen-bond donors (Lipinski definition) is 1. The van der Waals surface area contributed by atoms with Gasteiger partial charge >= 0.3 is 0 Å². The monoisotopic (exact) mass is 336 g/mol. The Hall–Kier alpha value is -1.89. The number of nitrogens with one attached hydrogen (secondary N) is 1. The molecule has 0 saturated heterocycles. The molecule has 114 valence electrons. The van der Waals surface area contributed by atoms with Gasteiger partial charge in [-0.2, -0.15) is 0 Å². The second kappa shape index (κ2) is 5.72. The highest BCUT2D eigenvalue weighted by Gasteiger charge is 2.13. The Labute approximate surface area is 133 Å². The highest BCUT2D eigenvalue weighted by Crippen LogP contribution is 2.18. The van der Waals surface area contributed by atoms with Gasteiger partial charge in [0.2, 0.25) is 10.0 Å². The van der Waals surface area contributed by atoms with E-state index >= 15 is 0 Å². The maximum Gasteiger partial charge on any atom is 0.240 e. The van der Waals surface area contributed by atoms with Gasteiger partial charge in [0.25, 0.3) is 0 Å². The minimum Gasteiger partial charge on any atom is -0.441 e. The fourth-order valence-electron chi connectivity index (χ4n) is 2.07. The van der Waals surface area contributed by atoms with Crippen LogP contribution >= 0.6 is 11.6 Å². The van der Waals surface area contributed by atoms with Gasteiger partial charge < -0.3 is 4.42 Å². The molecular formula is C15H13ClN2O3S. The van der Waals surface area contributed by atoms with Crippen LogP contribution in [0.2, 0.25) is 5.02 Å². The third kappa shape index (κ3) is 3.14. The Bertz CT molecular complexity index is 918. The molecule has 1 heterocycles. The third-order valence-corrected chi connectivity index (χ3v) is 4.82. The largest absolute Gasteiger partial charge is 0.441 e. The summed E-state index contributed by atoms with van der Waals surface area (Å²) >= 11 is 5.76. The Balaban J connectivity index is 1.78. The van der Waals surface area contributed by atoms with E-state index in [2.05, 4.69) is 9.71 Å². The normalized spacial score (nSPS) is 11.9. The molecule has 0 aliphatic carbocycles. The summed E-state index contributed by atoms with van der Waals surface area (Å²) < 4.78 is 32.3. The van der Waals surface area contributed by atoms with Gasteiger partial charge in [-0.1, -0.05) is 17.7 Å². The number of sulfonamides is 1. The molecule has 0 fully saturated rings. The summed E-state index contributed by atoms with van der Waals surface area (Å²) in [4.78, 5) is 4.40. The van der Waals surface area contributed by atoms with Crippen molar-refractivity contribution >= 4 is 32.7 Å². The molecule has 1 N–H and O–H groups in total. The number of fused-ring (bicyclic) bond motifs is 1. The van der Waals surface area contributed by atoms with E-state index in [4.69, 9.17) is 16.0 Å². The van der Waals surface area contributed by atoms with Gasteiger partial charge in [0, 0.05) is 18.5 Å². The van der Waals surface area contributed by atoms with Gasteiger partial charge in [-0.3, -0.25) is 0 Å². The average molecular weight is 337 g/mol. The lowest BCUT2D eigenvalue weighted by Gasteiger charge is -2.07. The van der Waals surface area contributed by atoms with E-state index in [0.717, 1.165) is 5.56 Å². The fourth-order valence-corrected chi connectivity index (χ4v) is 3.22. The van der Waals surface area contributed by atoms with Crippen molar-refractivity contribution in [3.05, 3.63) is 58.9 Å². The Kier molecular flexibility index (Phi) is 3.90. The second-order valence-electron chi connectivity index (χ2n) is 4.81. The summed E-state index contributed by atoms with van der Waals surface area (Å²) in [6.07, 6.45) is 0. The van der Waals surface area contributed by atoms with Crippen molar-refractivity contribution in [2.24, 2.45) is 0 Å². The SMILES string of the molecule is Cc1nc2cc(CNS(=O)(=O)c3ccc(Cl)cc3)ccc2o1. The standard InChI is InChI=1S/C15H13ClN2O3S/c1-10-18-14-8-11(2-7-15(14)21-10)9-17-22(19,20)13-5-3-12(16)4-6-13/h2-8,17H,9H2,1H3. The van der Waals surface area contributed by atoms with E-state index in [1.807, 2.05) is 0 Å². The van der Waals surface area contributed by atoms with E-state index in [9.17, 15) is 8.42 Å². The smallest absolute Gasteiger partial charge is 0.240 e. The zero-order valence-electron chi connectivity index (χ0n) is 11.7. The van der Waals surface area contributed by atoms with Crippen molar-refractivity contribution in [1.82, 2.24) is 9.71 Å². The number of oxazole rings is 1. The maximum absolute atomic E-state index is 12.2. The van der Waals surface area contributed by atoms with Gasteiger partial charge in [0.15, 0.2) is 11.5 Å². The van der Waals surface area contributed by atoms with Gasteiger partial charge in [-0.05, 0) is 42.0 Å². The molecule has 0 unspecified atom stereocenters. The molecule has 3 aromatic rings. The van der Waals surface area contributed by atoms with Crippen LogP contribution in [-0.4, -0.2) is 13.4 Å². The first-order chi connectivity index (χ1) is 10.4. The highest BCUT2D eigenvalue weighted by atomic mass is 35.5. The molecule has 0 spiro atoms. The number of rotatable bonds is 4. The molecule has 0 saturated carbocycles. The van der Waals surface area contributed by atoms with Crippen LogP contribution < -0.4 is 4.72 Å². The molecule has 2 aromatic carbocycles. The number of benzene rings is 2. The van der Waals surface area contributed by atoms with E-state index in [1.54, 1.807) is 37.3 Å². The summed E-state index contributed by atoms with van der Waals surface area (Å²) in [6, 6.07) is 11.4. The minimum atomic E-state index is -3.58. The molecular weight excluding hydrogens is 324 g/mol. The fraction of sp³-hybridized carbons (Fsp3) is 0.133. The number of aromatic nitrogens is 1. The topological polar surface area (TPSA) is 72.2 Å². The lowest BCUT2D eigenvalue weighted by Crippen LogP contribution is -2.23. The van der Waals surface area contributed by atoms with E-state index in [1.165, 1.54) is 12.1 Å². The molecule has 3 rings (SSSR count). The molecule has 0 aliphatic heterocycles. The zero-order valence-corrected chi connectivity index (χ0v) is 13.3. The van der Waals surface area contributed by atoms with Gasteiger partial charge in [0.1, 0.15) is 5.52 Å². The van der Waals surface area contributed by atoms with Gasteiger partial charge in [-0.25, -0.2) is 18.1 Å². The minimum absolute atomic E-state index is 0.173. The Morgan fingerprint density at radius 3 is 2.64 bits per heavy atom. The zero-order chi connectivity index (χ0) is 15.7. The summed E-state index contributed by atoms with van der Waals surface area (Å²) in [5.41, 5.74) is 2.20. The molecule has 5 nitrogen and oxygen atoms in total. The lowest BCUT2D eigenvalue weighted by molar-refractivity contribution is 0.561. The lowest BCUT2D eigenvalue weighted by atomic mass is 10.2. The summed E-state index contributed by atoms with van der Waals surface area (Å²) in [5, 5.41) is 0.491. The van der Waals surface area contributed by atoms with Crippen molar-refractivity contribution < 1.29 is 12.8 Å². The van der Waals surface area contributed by atoms with Crippen molar-refractivity contribution in [3.63, 3.8) is 0 Å². The van der Waals surface area contributed by atoms with Crippen molar-refractivity contribution in [3.8, 4) is 0 Å². The highest BCUT2D eigenvalue weighted by molar-refractivity contribution is 7.89. The van der Waals surface area contributed by atoms with Crippen LogP contribution in [0.1, 0.15) is 11.5 Å². The first-order valence-corrected chi connectivity index (χ1v) is 8.41. The van der Waals surface area contributed by atoms with Crippen molar-refractivity contribution in [2.45, 2.75) is 18.4 Å². The quantitative estimate of drug-likeness (QED) is 0.793. The number of nitrogens with zero attached hydrogens (tertiary/aromatic N) is 1. The first kappa shape index (κ1) is 15.0. The Morgan fingerprint density at radius 1 is 1.18 bits per heavy atom. The van der Waals surface area contributed by atoms with E-state index in [0.29, 0.717) is 22.0 Å². The number of aryl methyl sites for hydroxylation is 1. The molecule has 0 radical (unpaired) electrons. The van der Waals surface area contributed by atoms with Crippen LogP contribution in [0.15, 0.2) is 51.8 Å². The molecule has 1 aromatic heterocycles. The van der Waals surface area contributed by atoms with Crippen LogP contribution in [0, 0.1) is 6.92 Å². The summed E-state index contributed by atoms with van der Waals surface area (Å²) in [5.74, 6) is 0.578. The van der Waals surface area contributed by atoms with Crippen LogP contribution in [-0.2, 0) is 16.6 Å². The van der Waals surface area contributed by atoms with Gasteiger partial charge in [-0.15, -0.1) is 0 Å². The number of hydrogen-bond acceptors (Lipinski definition) is 4. The Morgan fingerprint density at radius 2 is 1.91 bits per heavy atom. The average Bonchev–Trinajstić information content (AvgIpc) is 2.85. The van der Waals surface area contributed by atoms with Crippen LogP contribution in [0.5, 0.6) is 0 Å². The number of halogens is 1. The van der Waals surface area contributed by atoms with Gasteiger partial charge in [0.05, 0.1) is 4.90 Å². The molecule has 0 aliphatic rings. The van der Waals surface area contributed by atoms with Crippen molar-refractivity contribution in [2.75, 3.05) is 0 Å². The predicted octanol–water partition coefficient (Wildman–Crippen LogP) is 3.27. The molecule has 22 heavy (non-hydrogen) atoms. The molecule has 0 bridgehead atoms. The van der Waals surface area contributed by atoms with Crippen LogP contribution in [0.4, 0.5) is 0 Å². The second-order valence-corrected chi connectivity index (χ2v) is 7.02. The molecule has 0 amide bonds. The van der Waals surface area contributed by atoms with Crippen molar-refractivity contribution in [1.29, 1.82) is 0 Å². The van der Waals surface area contributed by atoms with Crippen LogP contribution in [0.25, 0.3) is 11.1 Å². The summed E-state index contributed by atoms with van der Waals surface area (Å²) in [7, 11) is -3.58. The maximum atomic E-state index is 12.2. The van der Waals surface area contributed by atoms with E-state index < -0.39 is 10.0 Å². The molecule has 7 heteroatoms. The predicted molar refractivity (Wildman–Crippen MR) is 84.2 cm³/mol. The van der Waals surface area contributed by atoms with Crippen LogP contribution in [0.3, 0.4) is 0 Å². The van der Waals surface area contributed by atoms with E-state index in [-0.39, 0.29) is 11.4 Å². The summed E-state index contributed by atoms with van der Waals surface area (Å²) in [6.45, 7) is 1.94.